The number of amides is 1. The summed E-state index contributed by atoms with van der Waals surface area (Å²) in [5.74, 6) is -0.375. The van der Waals surface area contributed by atoms with Crippen molar-refractivity contribution >= 4 is 15.9 Å². The smallest absolute Gasteiger partial charge is 0.251 e. The summed E-state index contributed by atoms with van der Waals surface area (Å²) in [6.45, 7) is 1.47. The van der Waals surface area contributed by atoms with Gasteiger partial charge in [-0.05, 0) is 29.8 Å². The van der Waals surface area contributed by atoms with Crippen LogP contribution in [-0.4, -0.2) is 56.6 Å². The summed E-state index contributed by atoms with van der Waals surface area (Å²) in [4.78, 5) is 12.4. The molecule has 0 spiro atoms. The molecule has 144 valence electrons. The van der Waals surface area contributed by atoms with Crippen molar-refractivity contribution in [1.82, 2.24) is 9.62 Å². The van der Waals surface area contributed by atoms with Crippen LogP contribution in [0.15, 0.2) is 59.5 Å². The van der Waals surface area contributed by atoms with Gasteiger partial charge in [0.25, 0.3) is 5.91 Å². The van der Waals surface area contributed by atoms with Crippen molar-refractivity contribution in [3.8, 4) is 0 Å². The van der Waals surface area contributed by atoms with E-state index in [0.717, 1.165) is 0 Å². The summed E-state index contributed by atoms with van der Waals surface area (Å²) in [6.07, 6.45) is -0.809. The van der Waals surface area contributed by atoms with E-state index in [1.807, 2.05) is 18.2 Å². The van der Waals surface area contributed by atoms with Crippen LogP contribution in [0.3, 0.4) is 0 Å². The minimum atomic E-state index is -3.58. The first-order valence-electron chi connectivity index (χ1n) is 8.67. The van der Waals surface area contributed by atoms with E-state index >= 15 is 0 Å². The van der Waals surface area contributed by atoms with E-state index in [4.69, 9.17) is 4.74 Å². The Hall–Kier alpha value is -2.26. The molecule has 3 rings (SSSR count). The van der Waals surface area contributed by atoms with Crippen LogP contribution in [0.5, 0.6) is 0 Å². The Balaban J connectivity index is 1.62. The van der Waals surface area contributed by atoms with Gasteiger partial charge in [0.2, 0.25) is 10.0 Å². The summed E-state index contributed by atoms with van der Waals surface area (Å²) in [6, 6.07) is 14.8. The summed E-state index contributed by atoms with van der Waals surface area (Å²) in [7, 11) is -3.58. The van der Waals surface area contributed by atoms with Gasteiger partial charge in [0.05, 0.1) is 24.2 Å². The average Bonchev–Trinajstić information content (AvgIpc) is 2.73. The number of sulfonamides is 1. The monoisotopic (exact) mass is 390 g/mol. The SMILES string of the molecule is O=C(NCC(O)c1ccccc1)c1ccc(S(=O)(=O)N2CCOCC2)cc1. The Morgan fingerprint density at radius 2 is 1.70 bits per heavy atom. The first-order chi connectivity index (χ1) is 13.0. The van der Waals surface area contributed by atoms with E-state index in [0.29, 0.717) is 37.4 Å². The van der Waals surface area contributed by atoms with E-state index < -0.39 is 16.1 Å². The zero-order valence-electron chi connectivity index (χ0n) is 14.7. The van der Waals surface area contributed by atoms with Gasteiger partial charge in [-0.1, -0.05) is 30.3 Å². The van der Waals surface area contributed by atoms with Crippen LogP contribution >= 0.6 is 0 Å². The second kappa shape index (κ2) is 8.62. The Morgan fingerprint density at radius 3 is 2.33 bits per heavy atom. The third-order valence-corrected chi connectivity index (χ3v) is 6.28. The van der Waals surface area contributed by atoms with Crippen molar-refractivity contribution < 1.29 is 23.1 Å². The average molecular weight is 390 g/mol. The normalized spacial score (nSPS) is 16.6. The van der Waals surface area contributed by atoms with E-state index in [2.05, 4.69) is 5.32 Å². The van der Waals surface area contributed by atoms with Gasteiger partial charge in [0.1, 0.15) is 0 Å². The number of nitrogens with zero attached hydrogens (tertiary/aromatic N) is 1. The number of rotatable bonds is 6. The molecule has 0 aromatic heterocycles. The van der Waals surface area contributed by atoms with Crippen molar-refractivity contribution in [3.05, 3.63) is 65.7 Å². The molecule has 1 heterocycles. The molecule has 0 aliphatic carbocycles. The van der Waals surface area contributed by atoms with E-state index in [9.17, 15) is 18.3 Å². The number of hydrogen-bond donors (Lipinski definition) is 2. The van der Waals surface area contributed by atoms with Crippen molar-refractivity contribution in [2.45, 2.75) is 11.0 Å². The number of ether oxygens (including phenoxy) is 1. The van der Waals surface area contributed by atoms with Crippen LogP contribution in [0, 0.1) is 0 Å². The lowest BCUT2D eigenvalue weighted by Gasteiger charge is -2.26. The second-order valence-electron chi connectivity index (χ2n) is 6.18. The Kier molecular flexibility index (Phi) is 6.22. The Morgan fingerprint density at radius 1 is 1.07 bits per heavy atom. The van der Waals surface area contributed by atoms with Gasteiger partial charge >= 0.3 is 0 Å². The molecule has 1 atom stereocenters. The molecule has 27 heavy (non-hydrogen) atoms. The number of hydrogen-bond acceptors (Lipinski definition) is 5. The molecule has 8 heteroatoms. The van der Waals surface area contributed by atoms with Gasteiger partial charge in [0, 0.05) is 25.2 Å². The molecule has 1 amide bonds. The maximum absolute atomic E-state index is 12.6. The Bertz CT molecular complexity index is 863. The molecular weight excluding hydrogens is 368 g/mol. The maximum Gasteiger partial charge on any atom is 0.251 e. The molecule has 2 N–H and O–H groups in total. The molecule has 7 nitrogen and oxygen atoms in total. The number of benzene rings is 2. The molecule has 1 saturated heterocycles. The first kappa shape index (κ1) is 19.5. The predicted octanol–water partition coefficient (Wildman–Crippen LogP) is 1.17. The van der Waals surface area contributed by atoms with Crippen LogP contribution < -0.4 is 5.32 Å². The number of morpholine rings is 1. The molecule has 0 bridgehead atoms. The standard InChI is InChI=1S/C19H22N2O5S/c22-18(15-4-2-1-3-5-15)14-20-19(23)16-6-8-17(9-7-16)27(24,25)21-10-12-26-13-11-21/h1-9,18,22H,10-14H2,(H,20,23). The van der Waals surface area contributed by atoms with E-state index in [1.165, 1.54) is 28.6 Å². The fourth-order valence-electron chi connectivity index (χ4n) is 2.80. The number of aliphatic hydroxyl groups is 1. The molecule has 1 aliphatic rings. The number of carbonyl (C=O) groups is 1. The lowest BCUT2D eigenvalue weighted by atomic mass is 10.1. The second-order valence-corrected chi connectivity index (χ2v) is 8.12. The molecular formula is C19H22N2O5S. The Labute approximate surface area is 158 Å². The highest BCUT2D eigenvalue weighted by Gasteiger charge is 2.26. The van der Waals surface area contributed by atoms with E-state index in [-0.39, 0.29) is 17.3 Å². The highest BCUT2D eigenvalue weighted by atomic mass is 32.2. The zero-order chi connectivity index (χ0) is 19.3. The fraction of sp³-hybridized carbons (Fsp3) is 0.316. The van der Waals surface area contributed by atoms with E-state index in [1.54, 1.807) is 12.1 Å². The quantitative estimate of drug-likeness (QED) is 0.772. The van der Waals surface area contributed by atoms with Gasteiger partial charge < -0.3 is 15.2 Å². The molecule has 0 saturated carbocycles. The summed E-state index contributed by atoms with van der Waals surface area (Å²) < 4.78 is 31.7. The first-order valence-corrected chi connectivity index (χ1v) is 10.1. The van der Waals surface area contributed by atoms with Gasteiger partial charge in [-0.2, -0.15) is 4.31 Å². The van der Waals surface area contributed by atoms with Gasteiger partial charge in [-0.3, -0.25) is 4.79 Å². The number of aliphatic hydroxyl groups excluding tert-OH is 1. The van der Waals surface area contributed by atoms with Gasteiger partial charge in [-0.15, -0.1) is 0 Å². The summed E-state index contributed by atoms with van der Waals surface area (Å²) in [5.41, 5.74) is 1.04. The zero-order valence-corrected chi connectivity index (χ0v) is 15.6. The van der Waals surface area contributed by atoms with Crippen LogP contribution in [0.1, 0.15) is 22.0 Å². The predicted molar refractivity (Wildman–Crippen MR) is 99.8 cm³/mol. The summed E-state index contributed by atoms with van der Waals surface area (Å²) >= 11 is 0. The molecule has 2 aromatic rings. The van der Waals surface area contributed by atoms with Crippen LogP contribution in [0.4, 0.5) is 0 Å². The largest absolute Gasteiger partial charge is 0.387 e. The van der Waals surface area contributed by atoms with Crippen LogP contribution in [0.25, 0.3) is 0 Å². The highest BCUT2D eigenvalue weighted by Crippen LogP contribution is 2.18. The summed E-state index contributed by atoms with van der Waals surface area (Å²) in [5, 5.41) is 12.8. The fourth-order valence-corrected chi connectivity index (χ4v) is 4.21. The van der Waals surface area contributed by atoms with Gasteiger partial charge in [0.15, 0.2) is 0 Å². The topological polar surface area (TPSA) is 95.9 Å². The number of carbonyl (C=O) groups excluding carboxylic acids is 1. The third kappa shape index (κ3) is 4.72. The van der Waals surface area contributed by atoms with Gasteiger partial charge in [-0.25, -0.2) is 8.42 Å². The minimum Gasteiger partial charge on any atom is -0.387 e. The molecule has 2 aromatic carbocycles. The molecule has 1 unspecified atom stereocenters. The molecule has 0 radical (unpaired) electrons. The van der Waals surface area contributed by atoms with Crippen molar-refractivity contribution in [1.29, 1.82) is 0 Å². The minimum absolute atomic E-state index is 0.0661. The van der Waals surface area contributed by atoms with Crippen molar-refractivity contribution in [3.63, 3.8) is 0 Å². The lowest BCUT2D eigenvalue weighted by Crippen LogP contribution is -2.40. The van der Waals surface area contributed by atoms with Crippen LogP contribution in [0.2, 0.25) is 0 Å². The molecule has 1 fully saturated rings. The lowest BCUT2D eigenvalue weighted by molar-refractivity contribution is 0.0730. The highest BCUT2D eigenvalue weighted by molar-refractivity contribution is 7.89. The van der Waals surface area contributed by atoms with Crippen LogP contribution in [-0.2, 0) is 14.8 Å². The van der Waals surface area contributed by atoms with Crippen molar-refractivity contribution in [2.24, 2.45) is 0 Å². The van der Waals surface area contributed by atoms with Crippen molar-refractivity contribution in [2.75, 3.05) is 32.8 Å². The third-order valence-electron chi connectivity index (χ3n) is 4.36. The molecule has 1 aliphatic heterocycles. The number of nitrogens with one attached hydrogen (secondary N) is 1. The maximum atomic E-state index is 12.6.